The van der Waals surface area contributed by atoms with Crippen LogP contribution < -0.4 is 5.32 Å². The highest BCUT2D eigenvalue weighted by Crippen LogP contribution is 2.19. The van der Waals surface area contributed by atoms with E-state index in [2.05, 4.69) is 31.0 Å². The smallest absolute Gasteiger partial charge is 0.115 e. The van der Waals surface area contributed by atoms with E-state index in [1.165, 1.54) is 12.0 Å². The van der Waals surface area contributed by atoms with Crippen LogP contribution in [0.5, 0.6) is 5.75 Å². The van der Waals surface area contributed by atoms with E-state index in [-0.39, 0.29) is 5.54 Å². The van der Waals surface area contributed by atoms with Crippen LogP contribution in [0.4, 0.5) is 0 Å². The van der Waals surface area contributed by atoms with Crippen LogP contribution in [0, 0.1) is 0 Å². The van der Waals surface area contributed by atoms with Crippen LogP contribution >= 0.6 is 0 Å². The Hall–Kier alpha value is -1.06. The predicted octanol–water partition coefficient (Wildman–Crippen LogP) is 2.35. The van der Waals surface area contributed by atoms with Crippen LogP contribution in [-0.4, -0.2) is 34.7 Å². The average Bonchev–Trinajstić information content (AvgIpc) is 2.42. The molecule has 18 heavy (non-hydrogen) atoms. The van der Waals surface area contributed by atoms with Crippen LogP contribution in [0.2, 0.25) is 0 Å². The van der Waals surface area contributed by atoms with Crippen molar-refractivity contribution in [2.45, 2.75) is 45.3 Å². The first kappa shape index (κ1) is 13.4. The molecule has 1 aliphatic rings. The fourth-order valence-electron chi connectivity index (χ4n) is 2.57. The zero-order chi connectivity index (χ0) is 13.2. The Kier molecular flexibility index (Phi) is 3.93. The monoisotopic (exact) mass is 248 g/mol. The molecule has 1 heterocycles. The second-order valence-electron chi connectivity index (χ2n) is 6.02. The van der Waals surface area contributed by atoms with E-state index in [4.69, 9.17) is 0 Å². The minimum Gasteiger partial charge on any atom is -0.508 e. The third kappa shape index (κ3) is 3.47. The summed E-state index contributed by atoms with van der Waals surface area (Å²) in [4.78, 5) is 2.52. The van der Waals surface area contributed by atoms with Crippen molar-refractivity contribution in [2.24, 2.45) is 0 Å². The summed E-state index contributed by atoms with van der Waals surface area (Å²) in [7, 11) is 0. The summed E-state index contributed by atoms with van der Waals surface area (Å²) in [5.41, 5.74) is 1.43. The van der Waals surface area contributed by atoms with Gasteiger partial charge in [0.2, 0.25) is 0 Å². The van der Waals surface area contributed by atoms with Crippen molar-refractivity contribution in [1.29, 1.82) is 0 Å². The van der Waals surface area contributed by atoms with Gasteiger partial charge in [-0.3, -0.25) is 4.90 Å². The molecule has 0 bridgehead atoms. The molecule has 2 N–H and O–H groups in total. The van der Waals surface area contributed by atoms with Crippen LogP contribution in [-0.2, 0) is 6.54 Å². The number of rotatable bonds is 2. The third-order valence-electron chi connectivity index (χ3n) is 3.71. The highest BCUT2D eigenvalue weighted by molar-refractivity contribution is 5.25. The summed E-state index contributed by atoms with van der Waals surface area (Å²) >= 11 is 0. The van der Waals surface area contributed by atoms with Gasteiger partial charge in [0.25, 0.3) is 0 Å². The molecule has 1 aliphatic heterocycles. The first-order chi connectivity index (χ1) is 8.46. The van der Waals surface area contributed by atoms with Crippen LogP contribution in [0.3, 0.4) is 0 Å². The molecule has 0 aliphatic carbocycles. The summed E-state index contributed by atoms with van der Waals surface area (Å²) in [5, 5.41) is 12.9. The lowest BCUT2D eigenvalue weighted by atomic mass is 10.0. The van der Waals surface area contributed by atoms with Crippen molar-refractivity contribution < 1.29 is 5.11 Å². The van der Waals surface area contributed by atoms with Crippen molar-refractivity contribution in [3.63, 3.8) is 0 Å². The lowest BCUT2D eigenvalue weighted by molar-refractivity contribution is 0.173. The normalized spacial score (nSPS) is 24.7. The van der Waals surface area contributed by atoms with E-state index in [1.54, 1.807) is 12.1 Å². The van der Waals surface area contributed by atoms with E-state index in [1.807, 2.05) is 12.1 Å². The number of aromatic hydroxyl groups is 1. The lowest BCUT2D eigenvalue weighted by Crippen LogP contribution is -2.47. The van der Waals surface area contributed by atoms with Gasteiger partial charge in [-0.25, -0.2) is 0 Å². The van der Waals surface area contributed by atoms with Crippen LogP contribution in [0.1, 0.15) is 32.8 Å². The number of phenolic OH excluding ortho intramolecular Hbond substituents is 1. The maximum Gasteiger partial charge on any atom is 0.115 e. The minimum atomic E-state index is 0.168. The van der Waals surface area contributed by atoms with E-state index in [0.29, 0.717) is 11.8 Å². The Balaban J connectivity index is 2.07. The van der Waals surface area contributed by atoms with Gasteiger partial charge in [0.05, 0.1) is 0 Å². The fourth-order valence-corrected chi connectivity index (χ4v) is 2.57. The molecule has 1 atom stereocenters. The summed E-state index contributed by atoms with van der Waals surface area (Å²) < 4.78 is 0. The minimum absolute atomic E-state index is 0.168. The zero-order valence-electron chi connectivity index (χ0n) is 11.6. The van der Waals surface area contributed by atoms with Gasteiger partial charge in [-0.1, -0.05) is 12.1 Å². The van der Waals surface area contributed by atoms with Crippen molar-refractivity contribution in [2.75, 3.05) is 13.1 Å². The van der Waals surface area contributed by atoms with Crippen molar-refractivity contribution in [3.05, 3.63) is 29.8 Å². The SMILES string of the molecule is CC1CCNC(C)(C)CN1Cc1ccc(O)cc1. The van der Waals surface area contributed by atoms with Crippen LogP contribution in [0.25, 0.3) is 0 Å². The summed E-state index contributed by atoms with van der Waals surface area (Å²) in [6, 6.07) is 8.14. The van der Waals surface area contributed by atoms with E-state index >= 15 is 0 Å². The number of nitrogens with zero attached hydrogens (tertiary/aromatic N) is 1. The van der Waals surface area contributed by atoms with Gasteiger partial charge in [0.15, 0.2) is 0 Å². The average molecular weight is 248 g/mol. The molecule has 2 rings (SSSR count). The van der Waals surface area contributed by atoms with Gasteiger partial charge in [0, 0.05) is 24.7 Å². The highest BCUT2D eigenvalue weighted by Gasteiger charge is 2.27. The molecular formula is C15H24N2O. The quantitative estimate of drug-likeness (QED) is 0.843. The molecule has 1 saturated heterocycles. The number of nitrogens with one attached hydrogen (secondary N) is 1. The molecule has 3 nitrogen and oxygen atoms in total. The number of hydrogen-bond acceptors (Lipinski definition) is 3. The summed E-state index contributed by atoms with van der Waals surface area (Å²) in [5.74, 6) is 0.338. The first-order valence-corrected chi connectivity index (χ1v) is 6.73. The Morgan fingerprint density at radius 2 is 2.00 bits per heavy atom. The van der Waals surface area contributed by atoms with Crippen molar-refractivity contribution >= 4 is 0 Å². The molecule has 1 aromatic rings. The second-order valence-corrected chi connectivity index (χ2v) is 6.02. The lowest BCUT2D eigenvalue weighted by Gasteiger charge is -2.33. The molecular weight excluding hydrogens is 224 g/mol. The fraction of sp³-hybridized carbons (Fsp3) is 0.600. The molecule has 1 fully saturated rings. The Bertz CT molecular complexity index is 386. The van der Waals surface area contributed by atoms with Gasteiger partial charge in [-0.2, -0.15) is 0 Å². The molecule has 1 aromatic carbocycles. The molecule has 0 spiro atoms. The standard InChI is InChI=1S/C15H24N2O/c1-12-8-9-16-15(2,3)11-17(12)10-13-4-6-14(18)7-5-13/h4-7,12,16,18H,8-11H2,1-3H3. The Labute approximate surface area is 110 Å². The molecule has 3 heteroatoms. The molecule has 0 aromatic heterocycles. The van der Waals surface area contributed by atoms with Gasteiger partial charge < -0.3 is 10.4 Å². The Morgan fingerprint density at radius 1 is 1.33 bits per heavy atom. The van der Waals surface area contributed by atoms with Gasteiger partial charge in [-0.05, 0) is 51.4 Å². The first-order valence-electron chi connectivity index (χ1n) is 6.73. The van der Waals surface area contributed by atoms with Gasteiger partial charge >= 0.3 is 0 Å². The topological polar surface area (TPSA) is 35.5 Å². The maximum atomic E-state index is 9.32. The second kappa shape index (κ2) is 5.29. The number of benzene rings is 1. The van der Waals surface area contributed by atoms with E-state index < -0.39 is 0 Å². The van der Waals surface area contributed by atoms with Gasteiger partial charge in [-0.15, -0.1) is 0 Å². The summed E-state index contributed by atoms with van der Waals surface area (Å²) in [6.45, 7) is 9.90. The van der Waals surface area contributed by atoms with E-state index in [9.17, 15) is 5.11 Å². The van der Waals surface area contributed by atoms with Gasteiger partial charge in [0.1, 0.15) is 5.75 Å². The molecule has 0 radical (unpaired) electrons. The molecule has 0 saturated carbocycles. The molecule has 100 valence electrons. The summed E-state index contributed by atoms with van der Waals surface area (Å²) in [6.07, 6.45) is 1.18. The zero-order valence-corrected chi connectivity index (χ0v) is 11.6. The Morgan fingerprint density at radius 3 is 2.67 bits per heavy atom. The van der Waals surface area contributed by atoms with Crippen molar-refractivity contribution in [3.8, 4) is 5.75 Å². The number of phenols is 1. The molecule has 0 amide bonds. The van der Waals surface area contributed by atoms with Crippen molar-refractivity contribution in [1.82, 2.24) is 10.2 Å². The molecule has 1 unspecified atom stereocenters. The van der Waals surface area contributed by atoms with Crippen LogP contribution in [0.15, 0.2) is 24.3 Å². The third-order valence-corrected chi connectivity index (χ3v) is 3.71. The maximum absolute atomic E-state index is 9.32. The largest absolute Gasteiger partial charge is 0.508 e. The highest BCUT2D eigenvalue weighted by atomic mass is 16.3. The number of hydrogen-bond donors (Lipinski definition) is 2. The predicted molar refractivity (Wildman–Crippen MR) is 74.7 cm³/mol. The van der Waals surface area contributed by atoms with E-state index in [0.717, 1.165) is 19.6 Å².